The number of carbonyl (C=O) groups excluding carboxylic acids is 2. The van der Waals surface area contributed by atoms with Crippen molar-refractivity contribution in [2.45, 2.75) is 45.8 Å². The average Bonchev–Trinajstić information content (AvgIpc) is 3.76. The summed E-state index contributed by atoms with van der Waals surface area (Å²) in [6.45, 7) is 4.54. The van der Waals surface area contributed by atoms with Crippen LogP contribution in [0.4, 0.5) is 5.69 Å². The molecule has 0 aliphatic heterocycles. The molecule has 5 rings (SSSR count). The summed E-state index contributed by atoms with van der Waals surface area (Å²) in [4.78, 5) is 48.3. The molecule has 2 aromatic heterocycles. The Morgan fingerprint density at radius 2 is 1.84 bits per heavy atom. The monoisotopic (exact) mass is 683 g/mol. The zero-order valence-electron chi connectivity index (χ0n) is 27.5. The first-order valence-electron chi connectivity index (χ1n) is 15.5. The maximum absolute atomic E-state index is 13.5. The summed E-state index contributed by atoms with van der Waals surface area (Å²) in [5, 5.41) is 28.8. The highest BCUT2D eigenvalue weighted by atomic mass is 32.1. The zero-order valence-corrected chi connectivity index (χ0v) is 28.3. The van der Waals surface area contributed by atoms with Crippen LogP contribution in [0, 0.1) is 6.92 Å². The topological polar surface area (TPSA) is 167 Å². The molecule has 254 valence electrons. The Morgan fingerprint density at radius 3 is 2.53 bits per heavy atom. The van der Waals surface area contributed by atoms with Crippen LogP contribution in [0.1, 0.15) is 66.4 Å². The quantitative estimate of drug-likeness (QED) is 0.0997. The van der Waals surface area contributed by atoms with Gasteiger partial charge in [-0.3, -0.25) is 9.59 Å². The lowest BCUT2D eigenvalue weighted by Crippen LogP contribution is -2.33. The summed E-state index contributed by atoms with van der Waals surface area (Å²) in [5.74, 6) is -1.20. The van der Waals surface area contributed by atoms with Gasteiger partial charge in [0.25, 0.3) is 11.8 Å². The molecule has 0 unspecified atom stereocenters. The number of methoxy groups -OCH3 is 1. The number of carboxylic acids is 1. The molecule has 1 atom stereocenters. The molecule has 0 aliphatic rings. The SMILES string of the molecule is COc1cccc(CNc2ccc(CC[C@H](C)NC(=O)c3cc(C(=O)N(C)Cc4nc(C)cs4)cc(-c4nc(C(=O)O)co4)c3)cc2O)c1. The fourth-order valence-corrected chi connectivity index (χ4v) is 5.93. The van der Waals surface area contributed by atoms with Crippen molar-refractivity contribution in [3.05, 3.63) is 111 Å². The molecule has 0 bridgehead atoms. The first-order valence-corrected chi connectivity index (χ1v) is 16.4. The summed E-state index contributed by atoms with van der Waals surface area (Å²) < 4.78 is 10.7. The number of carboxylic acid groups (broad SMARTS) is 1. The van der Waals surface area contributed by atoms with Crippen LogP contribution in [0.3, 0.4) is 0 Å². The van der Waals surface area contributed by atoms with Gasteiger partial charge in [0.2, 0.25) is 5.89 Å². The molecular weight excluding hydrogens is 646 g/mol. The van der Waals surface area contributed by atoms with Crippen LogP contribution in [0.2, 0.25) is 0 Å². The normalized spacial score (nSPS) is 11.5. The maximum atomic E-state index is 13.5. The molecule has 0 spiro atoms. The van der Waals surface area contributed by atoms with Crippen LogP contribution in [-0.4, -0.2) is 63.1 Å². The number of phenols is 1. The van der Waals surface area contributed by atoms with Gasteiger partial charge in [-0.2, -0.15) is 0 Å². The van der Waals surface area contributed by atoms with E-state index >= 15 is 0 Å². The van der Waals surface area contributed by atoms with E-state index in [0.717, 1.165) is 33.8 Å². The number of carbonyl (C=O) groups is 3. The third kappa shape index (κ3) is 9.02. The van der Waals surface area contributed by atoms with Gasteiger partial charge >= 0.3 is 5.97 Å². The Hall–Kier alpha value is -5.69. The number of aryl methyl sites for hydroxylation is 2. The van der Waals surface area contributed by atoms with Crippen molar-refractivity contribution in [1.29, 1.82) is 0 Å². The molecule has 3 aromatic carbocycles. The van der Waals surface area contributed by atoms with Gasteiger partial charge in [-0.1, -0.05) is 18.2 Å². The molecule has 0 fully saturated rings. The summed E-state index contributed by atoms with van der Waals surface area (Å²) in [7, 11) is 3.26. The van der Waals surface area contributed by atoms with Gasteiger partial charge in [0.1, 0.15) is 22.8 Å². The first kappa shape index (κ1) is 34.6. The van der Waals surface area contributed by atoms with Gasteiger partial charge < -0.3 is 34.9 Å². The molecule has 0 aliphatic carbocycles. The Kier molecular flexibility index (Phi) is 10.9. The summed E-state index contributed by atoms with van der Waals surface area (Å²) >= 11 is 1.45. The van der Waals surface area contributed by atoms with Crippen molar-refractivity contribution in [3.8, 4) is 23.0 Å². The summed E-state index contributed by atoms with van der Waals surface area (Å²) in [6, 6.07) is 17.4. The lowest BCUT2D eigenvalue weighted by Gasteiger charge is -2.18. The third-order valence-corrected chi connectivity index (χ3v) is 8.67. The zero-order chi connectivity index (χ0) is 35.1. The molecule has 2 heterocycles. The number of nitrogens with zero attached hydrogens (tertiary/aromatic N) is 3. The van der Waals surface area contributed by atoms with Crippen LogP contribution < -0.4 is 15.4 Å². The van der Waals surface area contributed by atoms with E-state index in [1.54, 1.807) is 20.2 Å². The van der Waals surface area contributed by atoms with Gasteiger partial charge in [0.15, 0.2) is 5.69 Å². The van der Waals surface area contributed by atoms with E-state index in [4.69, 9.17) is 9.15 Å². The minimum atomic E-state index is -1.26. The smallest absolute Gasteiger partial charge is 0.357 e. The van der Waals surface area contributed by atoms with Crippen molar-refractivity contribution >= 4 is 34.8 Å². The Labute approximate surface area is 287 Å². The van der Waals surface area contributed by atoms with Crippen molar-refractivity contribution in [1.82, 2.24) is 20.2 Å². The minimum Gasteiger partial charge on any atom is -0.506 e. The van der Waals surface area contributed by atoms with Crippen LogP contribution in [0.25, 0.3) is 11.5 Å². The number of nitrogens with one attached hydrogen (secondary N) is 2. The lowest BCUT2D eigenvalue weighted by atomic mass is 10.0. The van der Waals surface area contributed by atoms with Gasteiger partial charge in [0, 0.05) is 47.4 Å². The average molecular weight is 684 g/mol. The van der Waals surface area contributed by atoms with E-state index in [1.165, 1.54) is 34.4 Å². The number of thiazole rings is 1. The molecule has 13 heteroatoms. The van der Waals surface area contributed by atoms with E-state index in [2.05, 4.69) is 20.6 Å². The number of hydrogen-bond donors (Lipinski definition) is 4. The van der Waals surface area contributed by atoms with Gasteiger partial charge in [0.05, 0.1) is 19.3 Å². The van der Waals surface area contributed by atoms with E-state index in [1.807, 2.05) is 55.6 Å². The summed E-state index contributed by atoms with van der Waals surface area (Å²) in [5.41, 5.74) is 3.75. The molecule has 12 nitrogen and oxygen atoms in total. The molecule has 2 amide bonds. The molecular formula is C36H37N5O7S. The van der Waals surface area contributed by atoms with Crippen LogP contribution >= 0.6 is 11.3 Å². The Bertz CT molecular complexity index is 1970. The Balaban J connectivity index is 1.25. The second-order valence-electron chi connectivity index (χ2n) is 11.7. The van der Waals surface area contributed by atoms with Crippen LogP contribution in [0.15, 0.2) is 76.7 Å². The van der Waals surface area contributed by atoms with Crippen LogP contribution in [-0.2, 0) is 19.5 Å². The van der Waals surface area contributed by atoms with Crippen LogP contribution in [0.5, 0.6) is 11.5 Å². The highest BCUT2D eigenvalue weighted by Crippen LogP contribution is 2.27. The number of aromatic nitrogens is 2. The molecule has 0 radical (unpaired) electrons. The highest BCUT2D eigenvalue weighted by molar-refractivity contribution is 7.09. The number of anilines is 1. The van der Waals surface area contributed by atoms with E-state index in [9.17, 15) is 24.6 Å². The number of amides is 2. The first-order chi connectivity index (χ1) is 23.5. The number of ether oxygens (including phenoxy) is 1. The molecule has 5 aromatic rings. The maximum Gasteiger partial charge on any atom is 0.357 e. The van der Waals surface area contributed by atoms with Gasteiger partial charge in [-0.15, -0.1) is 11.3 Å². The largest absolute Gasteiger partial charge is 0.506 e. The number of rotatable bonds is 14. The van der Waals surface area contributed by atoms with Crippen molar-refractivity contribution < 1.29 is 33.8 Å². The van der Waals surface area contributed by atoms with E-state index in [-0.39, 0.29) is 52.5 Å². The van der Waals surface area contributed by atoms with Gasteiger partial charge in [-0.05, 0) is 80.3 Å². The van der Waals surface area contributed by atoms with E-state index < -0.39 is 11.9 Å². The molecule has 49 heavy (non-hydrogen) atoms. The predicted molar refractivity (Wildman–Crippen MR) is 185 cm³/mol. The Morgan fingerprint density at radius 1 is 1.04 bits per heavy atom. The second kappa shape index (κ2) is 15.5. The molecule has 0 saturated heterocycles. The number of aromatic carboxylic acids is 1. The highest BCUT2D eigenvalue weighted by Gasteiger charge is 2.21. The minimum absolute atomic E-state index is 0.0337. The number of aromatic hydroxyl groups is 1. The molecule has 0 saturated carbocycles. The summed E-state index contributed by atoms with van der Waals surface area (Å²) in [6.07, 6.45) is 2.17. The van der Waals surface area contributed by atoms with E-state index in [0.29, 0.717) is 25.1 Å². The fraction of sp³-hybridized carbons (Fsp3) is 0.250. The standard InChI is InChI=1S/C36H37N5O7S/c1-21(8-9-23-10-11-29(31(42)13-23)37-17-24-6-5-7-28(12-24)47-4)39-33(43)25-14-26(34-40-30(19-48-34)36(45)46)16-27(15-25)35(44)41(3)18-32-38-22(2)20-49-32/h5-7,10-16,19-21,37,42H,8-9,17-18H2,1-4H3,(H,39,43)(H,45,46)/t21-/m0/s1. The fourth-order valence-electron chi connectivity index (χ4n) is 5.10. The molecule has 4 N–H and O–H groups in total. The number of benzene rings is 3. The van der Waals surface area contributed by atoms with Crippen molar-refractivity contribution in [3.63, 3.8) is 0 Å². The number of oxazole rings is 1. The second-order valence-corrected chi connectivity index (χ2v) is 12.6. The third-order valence-electron chi connectivity index (χ3n) is 7.72. The van der Waals surface area contributed by atoms with Gasteiger partial charge in [-0.25, -0.2) is 14.8 Å². The lowest BCUT2D eigenvalue weighted by molar-refractivity contribution is 0.0689. The van der Waals surface area contributed by atoms with Crippen molar-refractivity contribution in [2.24, 2.45) is 0 Å². The predicted octanol–water partition coefficient (Wildman–Crippen LogP) is 6.15. The number of hydrogen-bond acceptors (Lipinski definition) is 10. The number of phenolic OH excluding ortho intramolecular Hbond substituents is 1. The van der Waals surface area contributed by atoms with Crippen molar-refractivity contribution in [2.75, 3.05) is 19.5 Å².